The van der Waals surface area contributed by atoms with Gasteiger partial charge in [0.25, 0.3) is 0 Å². The number of aromatic hydroxyl groups is 2. The van der Waals surface area contributed by atoms with Crippen LogP contribution in [0, 0.1) is 0 Å². The summed E-state index contributed by atoms with van der Waals surface area (Å²) in [5.41, 5.74) is 5.36. The third-order valence-corrected chi connectivity index (χ3v) is 6.49. The van der Waals surface area contributed by atoms with Crippen molar-refractivity contribution in [2.45, 2.75) is 0 Å². The van der Waals surface area contributed by atoms with Gasteiger partial charge in [-0.2, -0.15) is 0 Å². The molecule has 6 aromatic carbocycles. The largest absolute Gasteiger partial charge is 0.507 e. The van der Waals surface area contributed by atoms with Gasteiger partial charge in [0.1, 0.15) is 11.5 Å². The molecule has 0 saturated heterocycles. The summed E-state index contributed by atoms with van der Waals surface area (Å²) in [6.07, 6.45) is 0. The Kier molecular flexibility index (Phi) is 4.78. The van der Waals surface area contributed by atoms with Gasteiger partial charge in [-0.15, -0.1) is 0 Å². The Bertz CT molecular complexity index is 1530. The first kappa shape index (κ1) is 20.1. The molecule has 0 radical (unpaired) electrons. The normalized spacial score (nSPS) is 11.2. The van der Waals surface area contributed by atoms with Gasteiger partial charge >= 0.3 is 0 Å². The summed E-state index contributed by atoms with van der Waals surface area (Å²) in [5, 5.41) is 26.3. The molecule has 0 fully saturated rings. The number of hydrogen-bond donors (Lipinski definition) is 2. The molecule has 0 atom stereocenters. The van der Waals surface area contributed by atoms with Crippen LogP contribution in [0.2, 0.25) is 0 Å². The second kappa shape index (κ2) is 8.09. The van der Waals surface area contributed by atoms with Crippen LogP contribution in [-0.4, -0.2) is 10.2 Å². The van der Waals surface area contributed by atoms with Crippen LogP contribution < -0.4 is 0 Å². The average molecular weight is 439 g/mol. The first-order chi connectivity index (χ1) is 16.7. The van der Waals surface area contributed by atoms with E-state index in [1.165, 1.54) is 0 Å². The van der Waals surface area contributed by atoms with E-state index in [1.54, 1.807) is 0 Å². The van der Waals surface area contributed by atoms with Crippen LogP contribution in [0.3, 0.4) is 0 Å². The fourth-order valence-electron chi connectivity index (χ4n) is 4.84. The molecule has 0 heterocycles. The molecule has 2 nitrogen and oxygen atoms in total. The smallest absolute Gasteiger partial charge is 0.131 e. The lowest BCUT2D eigenvalue weighted by Crippen LogP contribution is -1.90. The van der Waals surface area contributed by atoms with E-state index in [4.69, 9.17) is 0 Å². The molecule has 0 unspecified atom stereocenters. The minimum Gasteiger partial charge on any atom is -0.507 e. The van der Waals surface area contributed by atoms with Crippen molar-refractivity contribution < 1.29 is 10.2 Å². The van der Waals surface area contributed by atoms with E-state index in [0.717, 1.165) is 43.8 Å². The summed E-state index contributed by atoms with van der Waals surface area (Å²) < 4.78 is 0. The molecular weight excluding hydrogens is 416 g/mol. The Morgan fingerprint density at radius 2 is 0.647 bits per heavy atom. The Morgan fingerprint density at radius 3 is 1.03 bits per heavy atom. The van der Waals surface area contributed by atoms with Crippen molar-refractivity contribution in [1.29, 1.82) is 0 Å². The molecule has 0 aliphatic heterocycles. The SMILES string of the molecule is Oc1c(-c2cc(-c3ccccc3)c3ccccc3c2O)cc(-c2ccccc2)c2ccccc12. The third-order valence-electron chi connectivity index (χ3n) is 6.49. The summed E-state index contributed by atoms with van der Waals surface area (Å²) in [5.74, 6) is 0.333. The van der Waals surface area contributed by atoms with Gasteiger partial charge in [0.2, 0.25) is 0 Å². The molecule has 2 heteroatoms. The van der Waals surface area contributed by atoms with Crippen LogP contribution >= 0.6 is 0 Å². The minimum absolute atomic E-state index is 0.167. The monoisotopic (exact) mass is 438 g/mol. The summed E-state index contributed by atoms with van der Waals surface area (Å²) >= 11 is 0. The quantitative estimate of drug-likeness (QED) is 0.291. The number of fused-ring (bicyclic) bond motifs is 2. The van der Waals surface area contributed by atoms with Crippen LogP contribution in [0.15, 0.2) is 121 Å². The number of phenols is 2. The van der Waals surface area contributed by atoms with E-state index < -0.39 is 0 Å². The highest BCUT2D eigenvalue weighted by molar-refractivity contribution is 6.09. The second-order valence-corrected chi connectivity index (χ2v) is 8.46. The Hall–Kier alpha value is -4.56. The van der Waals surface area contributed by atoms with Crippen LogP contribution in [0.5, 0.6) is 11.5 Å². The Labute approximate surface area is 198 Å². The van der Waals surface area contributed by atoms with Crippen LogP contribution in [-0.2, 0) is 0 Å². The first-order valence-corrected chi connectivity index (χ1v) is 11.3. The topological polar surface area (TPSA) is 40.5 Å². The number of hydrogen-bond acceptors (Lipinski definition) is 2. The van der Waals surface area contributed by atoms with Crippen molar-refractivity contribution in [3.63, 3.8) is 0 Å². The molecule has 162 valence electrons. The number of benzene rings is 6. The molecule has 2 N–H and O–H groups in total. The van der Waals surface area contributed by atoms with Gasteiger partial charge in [0.05, 0.1) is 0 Å². The van der Waals surface area contributed by atoms with Crippen molar-refractivity contribution in [2.24, 2.45) is 0 Å². The van der Waals surface area contributed by atoms with Gasteiger partial charge in [0, 0.05) is 21.9 Å². The van der Waals surface area contributed by atoms with Crippen molar-refractivity contribution in [3.05, 3.63) is 121 Å². The zero-order valence-electron chi connectivity index (χ0n) is 18.4. The summed E-state index contributed by atoms with van der Waals surface area (Å²) in [7, 11) is 0. The van der Waals surface area contributed by atoms with Crippen molar-refractivity contribution in [2.75, 3.05) is 0 Å². The summed E-state index contributed by atoms with van der Waals surface area (Å²) in [4.78, 5) is 0. The Balaban J connectivity index is 1.72. The van der Waals surface area contributed by atoms with E-state index in [0.29, 0.717) is 11.1 Å². The average Bonchev–Trinajstić information content (AvgIpc) is 2.91. The van der Waals surface area contributed by atoms with Gasteiger partial charge in [-0.3, -0.25) is 0 Å². The molecule has 0 spiro atoms. The van der Waals surface area contributed by atoms with Crippen molar-refractivity contribution in [3.8, 4) is 44.9 Å². The molecule has 6 rings (SSSR count). The molecule has 0 bridgehead atoms. The Morgan fingerprint density at radius 1 is 0.324 bits per heavy atom. The van der Waals surface area contributed by atoms with Gasteiger partial charge < -0.3 is 10.2 Å². The molecule has 0 saturated carbocycles. The molecule has 6 aromatic rings. The van der Waals surface area contributed by atoms with Crippen LogP contribution in [0.4, 0.5) is 0 Å². The highest BCUT2D eigenvalue weighted by Gasteiger charge is 2.20. The maximum Gasteiger partial charge on any atom is 0.131 e. The van der Waals surface area contributed by atoms with Gasteiger partial charge in [-0.25, -0.2) is 0 Å². The van der Waals surface area contributed by atoms with E-state index in [9.17, 15) is 10.2 Å². The molecular formula is C32H22O2. The van der Waals surface area contributed by atoms with Crippen molar-refractivity contribution in [1.82, 2.24) is 0 Å². The standard InChI is InChI=1S/C32H22O2/c33-31-25-17-9-7-15-23(25)27(21-11-3-1-4-12-21)19-29(31)30-20-28(22-13-5-2-6-14-22)24-16-8-10-18-26(24)32(30)34/h1-20,33-34H. The van der Waals surface area contributed by atoms with E-state index in [2.05, 4.69) is 24.3 Å². The number of phenolic OH excluding ortho intramolecular Hbond substituents is 2. The fourth-order valence-corrected chi connectivity index (χ4v) is 4.84. The predicted molar refractivity (Wildman–Crippen MR) is 141 cm³/mol. The molecule has 0 aliphatic rings. The van der Waals surface area contributed by atoms with E-state index in [1.807, 2.05) is 97.1 Å². The summed E-state index contributed by atoms with van der Waals surface area (Å²) in [6.45, 7) is 0. The van der Waals surface area contributed by atoms with Crippen molar-refractivity contribution >= 4 is 21.5 Å². The lowest BCUT2D eigenvalue weighted by atomic mass is 9.88. The maximum absolute atomic E-state index is 11.4. The minimum atomic E-state index is 0.167. The van der Waals surface area contributed by atoms with Crippen LogP contribution in [0.25, 0.3) is 54.9 Å². The molecule has 0 amide bonds. The molecule has 0 aliphatic carbocycles. The predicted octanol–water partition coefficient (Wildman–Crippen LogP) is 8.41. The first-order valence-electron chi connectivity index (χ1n) is 11.3. The lowest BCUT2D eigenvalue weighted by Gasteiger charge is -2.17. The zero-order valence-corrected chi connectivity index (χ0v) is 18.4. The molecule has 34 heavy (non-hydrogen) atoms. The highest BCUT2D eigenvalue weighted by atomic mass is 16.3. The zero-order chi connectivity index (χ0) is 23.1. The fraction of sp³-hybridized carbons (Fsp3) is 0. The second-order valence-electron chi connectivity index (χ2n) is 8.46. The van der Waals surface area contributed by atoms with E-state index in [-0.39, 0.29) is 11.5 Å². The molecule has 0 aromatic heterocycles. The highest BCUT2D eigenvalue weighted by Crippen LogP contribution is 2.48. The lowest BCUT2D eigenvalue weighted by molar-refractivity contribution is 0.475. The van der Waals surface area contributed by atoms with Gasteiger partial charge in [0.15, 0.2) is 0 Å². The third kappa shape index (κ3) is 3.20. The van der Waals surface area contributed by atoms with Crippen LogP contribution in [0.1, 0.15) is 0 Å². The maximum atomic E-state index is 11.4. The van der Waals surface area contributed by atoms with Gasteiger partial charge in [-0.1, -0.05) is 109 Å². The summed E-state index contributed by atoms with van der Waals surface area (Å²) in [6, 6.07) is 40.0. The number of rotatable bonds is 3. The van der Waals surface area contributed by atoms with E-state index >= 15 is 0 Å². The van der Waals surface area contributed by atoms with Gasteiger partial charge in [-0.05, 0) is 45.2 Å².